The molecule has 0 radical (unpaired) electrons. The number of anilines is 1. The average Bonchev–Trinajstić information content (AvgIpc) is 2.92. The van der Waals surface area contributed by atoms with Gasteiger partial charge in [-0.2, -0.15) is 4.39 Å². The fraction of sp³-hybridized carbons (Fsp3) is 0.0769. The number of aromatic nitrogens is 2. The Morgan fingerprint density at radius 2 is 2.18 bits per heavy atom. The molecule has 0 unspecified atom stereocenters. The zero-order chi connectivity index (χ0) is 15.9. The second-order valence-electron chi connectivity index (χ2n) is 4.48. The molecule has 0 bridgehead atoms. The molecule has 22 heavy (non-hydrogen) atoms. The van der Waals surface area contributed by atoms with Crippen LogP contribution in [0.2, 0.25) is 0 Å². The second kappa shape index (κ2) is 5.55. The largest absolute Gasteiger partial charge is 0.465 e. The van der Waals surface area contributed by atoms with Gasteiger partial charge in [-0.15, -0.1) is 0 Å². The Bertz CT molecular complexity index is 790. The number of nitrogens with zero attached hydrogens (tertiary/aromatic N) is 3. The van der Waals surface area contributed by atoms with Crippen LogP contribution in [-0.4, -0.2) is 25.7 Å². The average molecular weight is 418 g/mol. The molecule has 0 fully saturated rings. The van der Waals surface area contributed by atoms with Gasteiger partial charge in [-0.05, 0) is 40.8 Å². The van der Waals surface area contributed by atoms with Gasteiger partial charge in [0.1, 0.15) is 12.5 Å². The van der Waals surface area contributed by atoms with Gasteiger partial charge in [0.25, 0.3) is 0 Å². The van der Waals surface area contributed by atoms with Gasteiger partial charge < -0.3 is 15.0 Å². The number of carbonyl (C=O) groups is 1. The highest BCUT2D eigenvalue weighted by Gasteiger charge is 2.30. The molecule has 9 heteroatoms. The summed E-state index contributed by atoms with van der Waals surface area (Å²) >= 11 is 1.94. The van der Waals surface area contributed by atoms with Crippen molar-refractivity contribution in [1.82, 2.24) is 14.5 Å². The molecule has 2 N–H and O–H groups in total. The van der Waals surface area contributed by atoms with Crippen LogP contribution in [0.1, 0.15) is 5.82 Å². The van der Waals surface area contributed by atoms with E-state index in [1.165, 1.54) is 29.1 Å². The molecule has 0 aliphatic carbocycles. The molecule has 114 valence electrons. The van der Waals surface area contributed by atoms with Crippen molar-refractivity contribution < 1.29 is 18.7 Å². The van der Waals surface area contributed by atoms with Crippen molar-refractivity contribution >= 4 is 40.2 Å². The van der Waals surface area contributed by atoms with Crippen molar-refractivity contribution in [3.63, 3.8) is 0 Å². The van der Waals surface area contributed by atoms with Gasteiger partial charge in [-0.1, -0.05) is 0 Å². The summed E-state index contributed by atoms with van der Waals surface area (Å²) in [5, 5.41) is 11.7. The van der Waals surface area contributed by atoms with Crippen LogP contribution in [0.25, 0.3) is 5.83 Å². The molecule has 1 aliphatic rings. The number of carboxylic acid groups (broad SMARTS) is 1. The Hall–Kier alpha value is -2.17. The van der Waals surface area contributed by atoms with E-state index in [2.05, 4.69) is 10.3 Å². The van der Waals surface area contributed by atoms with Crippen molar-refractivity contribution in [2.24, 2.45) is 0 Å². The summed E-state index contributed by atoms with van der Waals surface area (Å²) in [4.78, 5) is 15.9. The Morgan fingerprint density at radius 1 is 1.41 bits per heavy atom. The molecule has 0 spiro atoms. The lowest BCUT2D eigenvalue weighted by atomic mass is 10.3. The monoisotopic (exact) mass is 418 g/mol. The zero-order valence-electron chi connectivity index (χ0n) is 10.9. The summed E-state index contributed by atoms with van der Waals surface area (Å²) in [5.74, 6) is -1.83. The minimum Gasteiger partial charge on any atom is -0.465 e. The lowest BCUT2D eigenvalue weighted by Gasteiger charge is -2.28. The van der Waals surface area contributed by atoms with E-state index in [0.29, 0.717) is 3.57 Å². The number of amides is 1. The standard InChI is InChI=1S/C13H9F2IN4O2/c14-8-5-7(16)1-2-9(8)18-12-10(15)11-17-3-4-19(11)6-20(12)13(21)22/h1-5,18H,6H2,(H,21,22). The minimum absolute atomic E-state index is 0.00841. The Balaban J connectivity index is 2.05. The van der Waals surface area contributed by atoms with E-state index in [1.807, 2.05) is 22.6 Å². The number of halogens is 3. The predicted octanol–water partition coefficient (Wildman–Crippen LogP) is 3.29. The Kier molecular flexibility index (Phi) is 3.72. The van der Waals surface area contributed by atoms with Crippen LogP contribution in [0.4, 0.5) is 19.3 Å². The van der Waals surface area contributed by atoms with Crippen LogP contribution < -0.4 is 5.32 Å². The fourth-order valence-electron chi connectivity index (χ4n) is 2.07. The summed E-state index contributed by atoms with van der Waals surface area (Å²) < 4.78 is 30.4. The maximum Gasteiger partial charge on any atom is 0.414 e. The first kappa shape index (κ1) is 14.8. The van der Waals surface area contributed by atoms with E-state index in [4.69, 9.17) is 0 Å². The molecule has 3 rings (SSSR count). The van der Waals surface area contributed by atoms with Crippen LogP contribution in [0.15, 0.2) is 36.4 Å². The van der Waals surface area contributed by atoms with E-state index in [-0.39, 0.29) is 24.0 Å². The van der Waals surface area contributed by atoms with Crippen molar-refractivity contribution in [3.05, 3.63) is 51.6 Å². The molecule has 0 atom stereocenters. The lowest BCUT2D eigenvalue weighted by molar-refractivity contribution is 0.145. The first-order chi connectivity index (χ1) is 10.5. The molecular formula is C13H9F2IN4O2. The smallest absolute Gasteiger partial charge is 0.414 e. The predicted molar refractivity (Wildman–Crippen MR) is 82.9 cm³/mol. The molecule has 1 aliphatic heterocycles. The molecular weight excluding hydrogens is 409 g/mol. The molecule has 2 heterocycles. The van der Waals surface area contributed by atoms with Gasteiger partial charge in [0.2, 0.25) is 5.83 Å². The van der Waals surface area contributed by atoms with Crippen LogP contribution in [-0.2, 0) is 6.67 Å². The van der Waals surface area contributed by atoms with Crippen LogP contribution in [0.3, 0.4) is 0 Å². The molecule has 1 aromatic heterocycles. The summed E-state index contributed by atoms with van der Waals surface area (Å²) in [5.41, 5.74) is -0.0168. The molecule has 2 aromatic rings. The van der Waals surface area contributed by atoms with Crippen molar-refractivity contribution in [2.45, 2.75) is 6.67 Å². The lowest BCUT2D eigenvalue weighted by Crippen LogP contribution is -2.38. The van der Waals surface area contributed by atoms with E-state index in [0.717, 1.165) is 4.90 Å². The van der Waals surface area contributed by atoms with E-state index in [1.54, 1.807) is 6.07 Å². The topological polar surface area (TPSA) is 70.4 Å². The van der Waals surface area contributed by atoms with Gasteiger partial charge >= 0.3 is 6.09 Å². The van der Waals surface area contributed by atoms with Gasteiger partial charge in [-0.3, -0.25) is 0 Å². The van der Waals surface area contributed by atoms with Gasteiger partial charge in [-0.25, -0.2) is 19.1 Å². The minimum atomic E-state index is -1.36. The van der Waals surface area contributed by atoms with Crippen LogP contribution in [0, 0.1) is 9.39 Å². The van der Waals surface area contributed by atoms with Crippen molar-refractivity contribution in [2.75, 3.05) is 5.32 Å². The van der Waals surface area contributed by atoms with Gasteiger partial charge in [0.05, 0.1) is 5.69 Å². The zero-order valence-corrected chi connectivity index (χ0v) is 13.1. The number of fused-ring (bicyclic) bond motifs is 1. The summed E-state index contributed by atoms with van der Waals surface area (Å²) in [6.45, 7) is -0.133. The number of imidazole rings is 1. The SMILES string of the molecule is O=C(O)N1Cn2ccnc2C(F)=C1Nc1ccc(I)cc1F. The molecule has 1 amide bonds. The third-order valence-corrected chi connectivity index (χ3v) is 3.77. The number of rotatable bonds is 2. The number of benzene rings is 1. The van der Waals surface area contributed by atoms with E-state index < -0.39 is 17.7 Å². The van der Waals surface area contributed by atoms with Gasteiger partial charge in [0, 0.05) is 16.0 Å². The van der Waals surface area contributed by atoms with Crippen molar-refractivity contribution in [3.8, 4) is 0 Å². The number of hydrogen-bond donors (Lipinski definition) is 2. The number of nitrogens with one attached hydrogen (secondary N) is 1. The first-order valence-corrected chi connectivity index (χ1v) is 7.19. The molecule has 1 aromatic carbocycles. The third-order valence-electron chi connectivity index (χ3n) is 3.10. The van der Waals surface area contributed by atoms with Gasteiger partial charge in [0.15, 0.2) is 11.6 Å². The third kappa shape index (κ3) is 2.51. The Labute approximate surface area is 137 Å². The summed E-state index contributed by atoms with van der Waals surface area (Å²) in [6, 6.07) is 4.30. The maximum absolute atomic E-state index is 14.5. The summed E-state index contributed by atoms with van der Waals surface area (Å²) in [6.07, 6.45) is 1.47. The normalized spacial score (nSPS) is 14.0. The molecule has 6 nitrogen and oxygen atoms in total. The van der Waals surface area contributed by atoms with Crippen LogP contribution >= 0.6 is 22.6 Å². The highest BCUT2D eigenvalue weighted by molar-refractivity contribution is 14.1. The molecule has 0 saturated carbocycles. The summed E-state index contributed by atoms with van der Waals surface area (Å²) in [7, 11) is 0. The van der Waals surface area contributed by atoms with Crippen LogP contribution in [0.5, 0.6) is 0 Å². The van der Waals surface area contributed by atoms with E-state index >= 15 is 0 Å². The maximum atomic E-state index is 14.5. The number of hydrogen-bond acceptors (Lipinski definition) is 3. The first-order valence-electron chi connectivity index (χ1n) is 6.11. The highest BCUT2D eigenvalue weighted by atomic mass is 127. The quantitative estimate of drug-likeness (QED) is 0.735. The fourth-order valence-corrected chi connectivity index (χ4v) is 2.52. The Morgan fingerprint density at radius 3 is 2.86 bits per heavy atom. The second-order valence-corrected chi connectivity index (χ2v) is 5.73. The highest BCUT2D eigenvalue weighted by Crippen LogP contribution is 2.29. The molecule has 0 saturated heterocycles. The van der Waals surface area contributed by atoms with Crippen molar-refractivity contribution in [1.29, 1.82) is 0 Å². The van der Waals surface area contributed by atoms with E-state index in [9.17, 15) is 18.7 Å².